The van der Waals surface area contributed by atoms with Crippen molar-refractivity contribution >= 4 is 53.9 Å². The zero-order chi connectivity index (χ0) is 21.8. The molecule has 0 unspecified atom stereocenters. The van der Waals surface area contributed by atoms with E-state index in [1.807, 2.05) is 6.07 Å². The molecule has 6 aromatic carbocycles. The average molecular weight is 438 g/mol. The zero-order valence-electron chi connectivity index (χ0n) is 17.8. The van der Waals surface area contributed by atoms with E-state index in [4.69, 9.17) is 4.98 Å². The van der Waals surface area contributed by atoms with Crippen LogP contribution < -0.4 is 0 Å². The van der Waals surface area contributed by atoms with E-state index < -0.39 is 0 Å². The van der Waals surface area contributed by atoms with Gasteiger partial charge in [0.1, 0.15) is 5.01 Å². The Morgan fingerprint density at radius 1 is 0.424 bits per heavy atom. The summed E-state index contributed by atoms with van der Waals surface area (Å²) in [6, 6.07) is 41.4. The zero-order valence-corrected chi connectivity index (χ0v) is 18.6. The van der Waals surface area contributed by atoms with Gasteiger partial charge in [-0.15, -0.1) is 11.3 Å². The first kappa shape index (κ1) is 18.6. The third-order valence-corrected chi connectivity index (χ3v) is 7.57. The molecule has 33 heavy (non-hydrogen) atoms. The molecule has 0 radical (unpaired) electrons. The molecule has 7 aromatic rings. The fraction of sp³-hybridized carbons (Fsp3) is 0. The molecule has 2 heteroatoms. The van der Waals surface area contributed by atoms with E-state index in [2.05, 4.69) is 109 Å². The first-order valence-corrected chi connectivity index (χ1v) is 12.0. The number of benzene rings is 6. The van der Waals surface area contributed by atoms with Gasteiger partial charge in [0, 0.05) is 5.56 Å². The van der Waals surface area contributed by atoms with Gasteiger partial charge in [-0.25, -0.2) is 4.98 Å². The molecule has 0 spiro atoms. The number of rotatable bonds is 2. The SMILES string of the molecule is c1cc(-c2ccc3c4ccccc4c4ccccc4c3c2)cc(-c2nc3ccccc3s2)c1. The number of aromatic nitrogens is 1. The highest BCUT2D eigenvalue weighted by atomic mass is 32.1. The van der Waals surface area contributed by atoms with Crippen LogP contribution >= 0.6 is 11.3 Å². The molecular formula is C31H19NS. The van der Waals surface area contributed by atoms with Crippen LogP contribution in [0.2, 0.25) is 0 Å². The summed E-state index contributed by atoms with van der Waals surface area (Å²) in [5.74, 6) is 0. The summed E-state index contributed by atoms with van der Waals surface area (Å²) in [7, 11) is 0. The van der Waals surface area contributed by atoms with Crippen molar-refractivity contribution in [2.24, 2.45) is 0 Å². The lowest BCUT2D eigenvalue weighted by Crippen LogP contribution is -1.85. The molecule has 0 aliphatic heterocycles. The molecule has 0 fully saturated rings. The van der Waals surface area contributed by atoms with E-state index in [-0.39, 0.29) is 0 Å². The van der Waals surface area contributed by atoms with Crippen LogP contribution in [-0.4, -0.2) is 4.98 Å². The Morgan fingerprint density at radius 2 is 1.00 bits per heavy atom. The highest BCUT2D eigenvalue weighted by molar-refractivity contribution is 7.21. The molecule has 1 aromatic heterocycles. The van der Waals surface area contributed by atoms with Crippen molar-refractivity contribution in [2.45, 2.75) is 0 Å². The number of hydrogen-bond acceptors (Lipinski definition) is 2. The second-order valence-corrected chi connectivity index (χ2v) is 9.45. The van der Waals surface area contributed by atoms with Gasteiger partial charge in [-0.05, 0) is 67.7 Å². The Labute approximate surface area is 195 Å². The van der Waals surface area contributed by atoms with Crippen molar-refractivity contribution in [3.63, 3.8) is 0 Å². The van der Waals surface area contributed by atoms with Crippen LogP contribution in [0.4, 0.5) is 0 Å². The number of fused-ring (bicyclic) bond motifs is 7. The van der Waals surface area contributed by atoms with E-state index in [0.717, 1.165) is 16.1 Å². The van der Waals surface area contributed by atoms with Crippen LogP contribution in [0.25, 0.3) is 64.2 Å². The van der Waals surface area contributed by atoms with Gasteiger partial charge >= 0.3 is 0 Å². The summed E-state index contributed by atoms with van der Waals surface area (Å²) in [4.78, 5) is 4.86. The second-order valence-electron chi connectivity index (χ2n) is 8.42. The van der Waals surface area contributed by atoms with Crippen molar-refractivity contribution < 1.29 is 0 Å². The summed E-state index contributed by atoms with van der Waals surface area (Å²) in [5.41, 5.74) is 4.67. The topological polar surface area (TPSA) is 12.9 Å². The van der Waals surface area contributed by atoms with Crippen molar-refractivity contribution in [1.29, 1.82) is 0 Å². The smallest absolute Gasteiger partial charge is 0.124 e. The Balaban J connectivity index is 1.44. The highest BCUT2D eigenvalue weighted by Crippen LogP contribution is 2.38. The van der Waals surface area contributed by atoms with Gasteiger partial charge in [-0.3, -0.25) is 0 Å². The van der Waals surface area contributed by atoms with Gasteiger partial charge in [-0.1, -0.05) is 91.0 Å². The number of hydrogen-bond donors (Lipinski definition) is 0. The van der Waals surface area contributed by atoms with Crippen LogP contribution in [0.5, 0.6) is 0 Å². The maximum Gasteiger partial charge on any atom is 0.124 e. The molecule has 7 rings (SSSR count). The summed E-state index contributed by atoms with van der Waals surface area (Å²) in [6.45, 7) is 0. The predicted octanol–water partition coefficient (Wildman–Crippen LogP) is 9.09. The minimum atomic E-state index is 1.06. The molecule has 1 nitrogen and oxygen atoms in total. The minimum absolute atomic E-state index is 1.06. The molecular weight excluding hydrogens is 418 g/mol. The Bertz CT molecular complexity index is 1760. The van der Waals surface area contributed by atoms with Gasteiger partial charge in [0.15, 0.2) is 0 Å². The largest absolute Gasteiger partial charge is 0.236 e. The van der Waals surface area contributed by atoms with E-state index in [9.17, 15) is 0 Å². The summed E-state index contributed by atoms with van der Waals surface area (Å²) in [6.07, 6.45) is 0. The van der Waals surface area contributed by atoms with E-state index in [0.29, 0.717) is 0 Å². The van der Waals surface area contributed by atoms with E-state index >= 15 is 0 Å². The van der Waals surface area contributed by atoms with E-state index in [1.165, 1.54) is 48.1 Å². The van der Waals surface area contributed by atoms with Gasteiger partial charge in [0.05, 0.1) is 10.2 Å². The van der Waals surface area contributed by atoms with Crippen LogP contribution in [0.3, 0.4) is 0 Å². The predicted molar refractivity (Wildman–Crippen MR) is 143 cm³/mol. The average Bonchev–Trinajstić information content (AvgIpc) is 3.33. The Hall–Kier alpha value is -4.01. The molecule has 0 aliphatic carbocycles. The Kier molecular flexibility index (Phi) is 4.08. The first-order chi connectivity index (χ1) is 16.3. The maximum atomic E-state index is 4.86. The molecule has 0 amide bonds. The fourth-order valence-corrected chi connectivity index (χ4v) is 5.88. The van der Waals surface area contributed by atoms with Gasteiger partial charge in [0.2, 0.25) is 0 Å². The third-order valence-electron chi connectivity index (χ3n) is 6.48. The molecule has 0 atom stereocenters. The molecule has 0 bridgehead atoms. The number of para-hydroxylation sites is 1. The molecule has 0 N–H and O–H groups in total. The normalized spacial score (nSPS) is 11.6. The second kappa shape index (κ2) is 7.26. The summed E-state index contributed by atoms with van der Waals surface area (Å²) in [5, 5.41) is 8.89. The monoisotopic (exact) mass is 437 g/mol. The quantitative estimate of drug-likeness (QED) is 0.246. The molecule has 0 saturated heterocycles. The molecule has 1 heterocycles. The molecule has 154 valence electrons. The van der Waals surface area contributed by atoms with Crippen LogP contribution in [0, 0.1) is 0 Å². The van der Waals surface area contributed by atoms with Gasteiger partial charge < -0.3 is 0 Å². The summed E-state index contributed by atoms with van der Waals surface area (Å²) >= 11 is 1.75. The summed E-state index contributed by atoms with van der Waals surface area (Å²) < 4.78 is 1.22. The number of nitrogens with zero attached hydrogens (tertiary/aromatic N) is 1. The Morgan fingerprint density at radius 3 is 1.73 bits per heavy atom. The van der Waals surface area contributed by atoms with Crippen molar-refractivity contribution in [2.75, 3.05) is 0 Å². The van der Waals surface area contributed by atoms with Crippen molar-refractivity contribution in [3.8, 4) is 21.7 Å². The van der Waals surface area contributed by atoms with Gasteiger partial charge in [0.25, 0.3) is 0 Å². The van der Waals surface area contributed by atoms with Crippen molar-refractivity contribution in [3.05, 3.63) is 115 Å². The van der Waals surface area contributed by atoms with Gasteiger partial charge in [-0.2, -0.15) is 0 Å². The lowest BCUT2D eigenvalue weighted by atomic mass is 9.92. The highest BCUT2D eigenvalue weighted by Gasteiger charge is 2.11. The first-order valence-electron chi connectivity index (χ1n) is 11.1. The minimum Gasteiger partial charge on any atom is -0.236 e. The van der Waals surface area contributed by atoms with Crippen LogP contribution in [0.1, 0.15) is 0 Å². The standard InChI is InChI=1S/C31H19NS/c1-2-12-25-23(10-1)24-11-3-4-13-26(24)28-19-21(16-17-27(25)28)20-8-7-9-22(18-20)31-32-29-14-5-6-15-30(29)33-31/h1-19H. The van der Waals surface area contributed by atoms with Crippen LogP contribution in [0.15, 0.2) is 115 Å². The molecule has 0 aliphatic rings. The van der Waals surface area contributed by atoms with Crippen molar-refractivity contribution in [1.82, 2.24) is 4.98 Å². The molecule has 0 saturated carbocycles. The van der Waals surface area contributed by atoms with Crippen LogP contribution in [-0.2, 0) is 0 Å². The lowest BCUT2D eigenvalue weighted by Gasteiger charge is -2.12. The maximum absolute atomic E-state index is 4.86. The lowest BCUT2D eigenvalue weighted by molar-refractivity contribution is 1.48. The van der Waals surface area contributed by atoms with E-state index in [1.54, 1.807) is 11.3 Å². The fourth-order valence-electron chi connectivity index (χ4n) is 4.91. The number of thiazole rings is 1. The third kappa shape index (κ3) is 2.95.